The normalized spacial score (nSPS) is 16.3. The maximum Gasteiger partial charge on any atom is 0.342 e. The van der Waals surface area contributed by atoms with Crippen molar-refractivity contribution < 1.29 is 9.59 Å². The monoisotopic (exact) mass is 454 g/mol. The number of aryl methyl sites for hydroxylation is 1. The highest BCUT2D eigenvalue weighted by Gasteiger charge is 2.29. The molecule has 0 spiro atoms. The lowest BCUT2D eigenvalue weighted by Gasteiger charge is -2.22. The third-order valence-electron chi connectivity index (χ3n) is 4.89. The molecule has 2 amide bonds. The van der Waals surface area contributed by atoms with E-state index in [1.165, 1.54) is 4.68 Å². The quantitative estimate of drug-likeness (QED) is 0.656. The molecule has 0 saturated carbocycles. The minimum Gasteiger partial charge on any atom is -0.324 e. The van der Waals surface area contributed by atoms with Gasteiger partial charge >= 0.3 is 6.03 Å². The largest absolute Gasteiger partial charge is 0.342 e. The van der Waals surface area contributed by atoms with Gasteiger partial charge in [-0.25, -0.2) is 4.79 Å². The number of likely N-dealkylation sites (N-methyl/N-ethyl adjacent to an activating group) is 1. The number of nitrogens with zero attached hydrogens (tertiary/aromatic N) is 5. The van der Waals surface area contributed by atoms with Gasteiger partial charge in [0.15, 0.2) is 0 Å². The van der Waals surface area contributed by atoms with Crippen LogP contribution in [0.25, 0.3) is 0 Å². The molecule has 3 aromatic rings. The van der Waals surface area contributed by atoms with Crippen LogP contribution in [0.1, 0.15) is 23.2 Å². The fourth-order valence-corrected chi connectivity index (χ4v) is 3.73. The fourth-order valence-electron chi connectivity index (χ4n) is 3.38. The smallest absolute Gasteiger partial charge is 0.324 e. The minimum atomic E-state index is -0.619. The molecule has 4 rings (SSSR count). The number of anilines is 1. The summed E-state index contributed by atoms with van der Waals surface area (Å²) in [6.07, 6.45) is 6.61. The summed E-state index contributed by atoms with van der Waals surface area (Å²) < 4.78 is 2.12. The molecule has 8 nitrogen and oxygen atoms in total. The van der Waals surface area contributed by atoms with Crippen molar-refractivity contribution in [1.29, 1.82) is 0 Å². The molecule has 0 aliphatic carbocycles. The molecule has 0 bridgehead atoms. The molecule has 0 radical (unpaired) electrons. The molecule has 1 aromatic carbocycles. The molecule has 1 aliphatic heterocycles. The molecule has 0 fully saturated rings. The highest BCUT2D eigenvalue weighted by Crippen LogP contribution is 2.29. The lowest BCUT2D eigenvalue weighted by atomic mass is 10.1. The zero-order valence-corrected chi connectivity index (χ0v) is 17.3. The van der Waals surface area contributed by atoms with Crippen LogP contribution in [0.2, 0.25) is 0 Å². The Bertz CT molecular complexity index is 1050. The van der Waals surface area contributed by atoms with E-state index >= 15 is 0 Å². The predicted octanol–water partition coefficient (Wildman–Crippen LogP) is 2.56. The Labute approximate surface area is 176 Å². The van der Waals surface area contributed by atoms with Crippen LogP contribution >= 0.6 is 15.9 Å². The molecular weight excluding hydrogens is 436 g/mol. The van der Waals surface area contributed by atoms with Crippen molar-refractivity contribution in [1.82, 2.24) is 25.3 Å². The number of nitrogens with one attached hydrogen (secondary N) is 1. The van der Waals surface area contributed by atoms with Gasteiger partial charge in [-0.05, 0) is 48.2 Å². The first-order chi connectivity index (χ1) is 14.0. The second kappa shape index (κ2) is 8.12. The zero-order valence-electron chi connectivity index (χ0n) is 15.7. The van der Waals surface area contributed by atoms with Gasteiger partial charge in [0.05, 0.1) is 11.9 Å². The van der Waals surface area contributed by atoms with Gasteiger partial charge in [0, 0.05) is 36.0 Å². The van der Waals surface area contributed by atoms with E-state index in [0.29, 0.717) is 19.3 Å². The van der Waals surface area contributed by atoms with Crippen LogP contribution in [-0.4, -0.2) is 45.0 Å². The van der Waals surface area contributed by atoms with Gasteiger partial charge in [0.25, 0.3) is 0 Å². The third kappa shape index (κ3) is 4.19. The van der Waals surface area contributed by atoms with Crippen molar-refractivity contribution in [3.63, 3.8) is 0 Å². The first kappa shape index (κ1) is 19.3. The third-order valence-corrected chi connectivity index (χ3v) is 5.39. The van der Waals surface area contributed by atoms with E-state index in [9.17, 15) is 9.59 Å². The molecule has 0 saturated heterocycles. The van der Waals surface area contributed by atoms with Gasteiger partial charge in [0.1, 0.15) is 6.04 Å². The Morgan fingerprint density at radius 3 is 3.00 bits per heavy atom. The van der Waals surface area contributed by atoms with E-state index in [4.69, 9.17) is 0 Å². The number of aromatic nitrogens is 4. The zero-order chi connectivity index (χ0) is 20.4. The van der Waals surface area contributed by atoms with Gasteiger partial charge < -0.3 is 10.2 Å². The second-order valence-corrected chi connectivity index (χ2v) is 7.81. The lowest BCUT2D eigenvalue weighted by Crippen LogP contribution is -2.48. The van der Waals surface area contributed by atoms with Crippen molar-refractivity contribution in [2.24, 2.45) is 0 Å². The number of amides is 2. The summed E-state index contributed by atoms with van der Waals surface area (Å²) in [5, 5.41) is 14.8. The van der Waals surface area contributed by atoms with Crippen LogP contribution in [0.3, 0.4) is 0 Å². The Morgan fingerprint density at radius 1 is 1.34 bits per heavy atom. The molecule has 2 aromatic heterocycles. The van der Waals surface area contributed by atoms with Crippen LogP contribution in [-0.2, 0) is 17.6 Å². The molecule has 3 heterocycles. The number of benzene rings is 1. The first-order valence-electron chi connectivity index (χ1n) is 9.18. The standard InChI is InChI=1S/C20H19BrN6O2/c1-26-18-10-15(21)6-4-14(18)5-7-17(19(26)28)24-20(29)27-12-13(11-23-27)9-16-3-2-8-22-25-16/h2-4,6,8,10-12,17H,5,7,9H2,1H3,(H,24,29)/t17-/m1/s1. The number of carbonyl (C=O) groups excluding carboxylic acids is 2. The Kier molecular flexibility index (Phi) is 5.39. The summed E-state index contributed by atoms with van der Waals surface area (Å²) in [6.45, 7) is 0. The lowest BCUT2D eigenvalue weighted by molar-refractivity contribution is -0.120. The Hall–Kier alpha value is -3.07. The summed E-state index contributed by atoms with van der Waals surface area (Å²) in [6, 6.07) is 8.49. The van der Waals surface area contributed by atoms with Gasteiger partial charge in [0.2, 0.25) is 5.91 Å². The van der Waals surface area contributed by atoms with Gasteiger partial charge in [-0.1, -0.05) is 22.0 Å². The Balaban J connectivity index is 1.45. The second-order valence-electron chi connectivity index (χ2n) is 6.90. The summed E-state index contributed by atoms with van der Waals surface area (Å²) in [7, 11) is 1.73. The highest BCUT2D eigenvalue weighted by atomic mass is 79.9. The molecule has 9 heteroatoms. The fraction of sp³-hybridized carbons (Fsp3) is 0.250. The maximum absolute atomic E-state index is 12.9. The molecule has 0 unspecified atom stereocenters. The highest BCUT2D eigenvalue weighted by molar-refractivity contribution is 9.10. The first-order valence-corrected chi connectivity index (χ1v) is 9.97. The summed E-state index contributed by atoms with van der Waals surface area (Å²) in [5.41, 5.74) is 3.55. The van der Waals surface area contributed by atoms with Crippen LogP contribution in [0.5, 0.6) is 0 Å². The minimum absolute atomic E-state index is 0.151. The molecule has 1 atom stereocenters. The molecule has 1 aliphatic rings. The van der Waals surface area contributed by atoms with Crippen LogP contribution < -0.4 is 10.2 Å². The van der Waals surface area contributed by atoms with Gasteiger partial charge in [-0.3, -0.25) is 4.79 Å². The van der Waals surface area contributed by atoms with E-state index in [1.54, 1.807) is 30.5 Å². The average molecular weight is 455 g/mol. The molecule has 148 valence electrons. The van der Waals surface area contributed by atoms with Gasteiger partial charge in [-0.15, -0.1) is 0 Å². The van der Waals surface area contributed by atoms with Crippen molar-refractivity contribution in [3.8, 4) is 0 Å². The van der Waals surface area contributed by atoms with E-state index < -0.39 is 12.1 Å². The predicted molar refractivity (Wildman–Crippen MR) is 111 cm³/mol. The Morgan fingerprint density at radius 2 is 2.21 bits per heavy atom. The topological polar surface area (TPSA) is 93.0 Å². The summed E-state index contributed by atoms with van der Waals surface area (Å²) in [4.78, 5) is 27.1. The average Bonchev–Trinajstić information content (AvgIpc) is 3.16. The number of halogens is 1. The van der Waals surface area contributed by atoms with Crippen molar-refractivity contribution in [2.45, 2.75) is 25.3 Å². The number of carbonyl (C=O) groups is 2. The van der Waals surface area contributed by atoms with E-state index in [0.717, 1.165) is 27.0 Å². The number of fused-ring (bicyclic) bond motifs is 1. The van der Waals surface area contributed by atoms with E-state index in [-0.39, 0.29) is 5.91 Å². The van der Waals surface area contributed by atoms with E-state index in [2.05, 4.69) is 36.5 Å². The number of rotatable bonds is 3. The molecule has 1 N–H and O–H groups in total. The number of hydrogen-bond acceptors (Lipinski definition) is 5. The molecule has 29 heavy (non-hydrogen) atoms. The van der Waals surface area contributed by atoms with E-state index in [1.807, 2.05) is 30.3 Å². The van der Waals surface area contributed by atoms with Crippen LogP contribution in [0, 0.1) is 0 Å². The van der Waals surface area contributed by atoms with Crippen LogP contribution in [0.15, 0.2) is 53.4 Å². The van der Waals surface area contributed by atoms with Gasteiger partial charge in [-0.2, -0.15) is 20.0 Å². The summed E-state index contributed by atoms with van der Waals surface area (Å²) >= 11 is 3.45. The van der Waals surface area contributed by atoms with Crippen molar-refractivity contribution in [2.75, 3.05) is 11.9 Å². The van der Waals surface area contributed by atoms with Crippen molar-refractivity contribution >= 4 is 33.6 Å². The summed E-state index contributed by atoms with van der Waals surface area (Å²) in [5.74, 6) is -0.151. The van der Waals surface area contributed by atoms with Crippen LogP contribution in [0.4, 0.5) is 10.5 Å². The van der Waals surface area contributed by atoms with Crippen molar-refractivity contribution in [3.05, 3.63) is 70.2 Å². The maximum atomic E-state index is 12.9. The number of hydrogen-bond donors (Lipinski definition) is 1. The molecular formula is C20H19BrN6O2. The SMILES string of the molecule is CN1C(=O)[C@H](NC(=O)n2cc(Cc3cccnn3)cn2)CCc2ccc(Br)cc21.